The van der Waals surface area contributed by atoms with Crippen LogP contribution in [-0.2, 0) is 4.74 Å². The molecule has 0 aliphatic rings. The fourth-order valence-corrected chi connectivity index (χ4v) is 10.1. The van der Waals surface area contributed by atoms with Gasteiger partial charge in [0.25, 0.3) is 0 Å². The zero-order chi connectivity index (χ0) is 47.0. The largest absolute Gasteiger partial charge is 0.486 e. The Bertz CT molecular complexity index is 2370. The normalized spacial score (nSPS) is 11.5. The molecule has 0 bridgehead atoms. The highest BCUT2D eigenvalue weighted by molar-refractivity contribution is 7.22. The van der Waals surface area contributed by atoms with Crippen LogP contribution in [0.3, 0.4) is 0 Å². The molecular formula is C39H16BCl4F16IO2. The fourth-order valence-electron chi connectivity index (χ4n) is 6.34. The molecule has 0 unspecified atom stereocenters. The summed E-state index contributed by atoms with van der Waals surface area (Å²) in [5.74, 6) is -47.3. The zero-order valence-electron chi connectivity index (χ0n) is 30.4. The first-order valence-corrected chi connectivity index (χ1v) is 20.4. The Morgan fingerprint density at radius 1 is 0.397 bits per heavy atom. The third kappa shape index (κ3) is 8.74. The molecule has 6 aromatic rings. The molecule has 0 fully saturated rings. The van der Waals surface area contributed by atoms with Crippen LogP contribution in [0.25, 0.3) is 0 Å². The molecule has 2 nitrogen and oxygen atoms in total. The molecule has 0 saturated heterocycles. The summed E-state index contributed by atoms with van der Waals surface area (Å²) in [5.41, 5.74) is -10.7. The van der Waals surface area contributed by atoms with Crippen LogP contribution in [-0.4, -0.2) is 26.5 Å². The van der Waals surface area contributed by atoms with Crippen molar-refractivity contribution < 1.29 is 101 Å². The van der Waals surface area contributed by atoms with Gasteiger partial charge in [-0.05, 0) is 24.3 Å². The molecule has 0 aromatic heterocycles. The first-order chi connectivity index (χ1) is 29.6. The molecule has 0 radical (unpaired) electrons. The minimum Gasteiger partial charge on any atom is -0.486 e. The number of hydrogen-bond donors (Lipinski definition) is 0. The lowest BCUT2D eigenvalue weighted by atomic mass is 9.12. The SMILES string of the molecule is COCCOc1ccccc1[I+]c1ccccc1.Fc1c(F)c(F)c([B-](c2c(F)c(F)c(F)c(F)c2Cl)(c2c(F)c(F)c(F)c(F)c2Cl)c2c(F)c(F)c(F)c(F)c2Cl)c(Cl)c1F. The van der Waals surface area contributed by atoms with Crippen LogP contribution in [0.2, 0.25) is 20.1 Å². The number of para-hydroxylation sites is 1. The molecule has 63 heavy (non-hydrogen) atoms. The van der Waals surface area contributed by atoms with Gasteiger partial charge in [-0.15, -0.1) is 21.9 Å². The Morgan fingerprint density at radius 2 is 0.698 bits per heavy atom. The number of benzene rings is 6. The lowest BCUT2D eigenvalue weighted by Crippen LogP contribution is -3.61. The molecule has 0 aliphatic carbocycles. The second-order valence-electron chi connectivity index (χ2n) is 12.5. The van der Waals surface area contributed by atoms with Gasteiger partial charge in [-0.1, -0.05) is 76.7 Å². The molecule has 334 valence electrons. The van der Waals surface area contributed by atoms with Crippen molar-refractivity contribution in [1.82, 2.24) is 0 Å². The summed E-state index contributed by atoms with van der Waals surface area (Å²) in [6, 6.07) is 18.9. The molecule has 0 spiro atoms. The van der Waals surface area contributed by atoms with E-state index in [4.69, 9.17) is 55.9 Å². The smallest absolute Gasteiger partial charge is 0.362 e. The predicted octanol–water partition coefficient (Wildman–Crippen LogP) is 7.74. The summed E-state index contributed by atoms with van der Waals surface area (Å²) >= 11 is 22.1. The molecule has 0 N–H and O–H groups in total. The van der Waals surface area contributed by atoms with E-state index in [1.807, 2.05) is 18.2 Å². The second-order valence-corrected chi connectivity index (χ2v) is 16.9. The number of hydrogen-bond acceptors (Lipinski definition) is 2. The van der Waals surface area contributed by atoms with Gasteiger partial charge in [0.2, 0.25) is 3.57 Å². The molecule has 0 heterocycles. The predicted molar refractivity (Wildman–Crippen MR) is 197 cm³/mol. The van der Waals surface area contributed by atoms with Crippen molar-refractivity contribution in [1.29, 1.82) is 0 Å². The van der Waals surface area contributed by atoms with E-state index in [2.05, 4.69) is 36.4 Å². The number of methoxy groups -OCH3 is 1. The number of rotatable bonds is 10. The topological polar surface area (TPSA) is 18.5 Å². The Labute approximate surface area is 374 Å². The van der Waals surface area contributed by atoms with Crippen LogP contribution < -0.4 is 47.8 Å². The Morgan fingerprint density at radius 3 is 1.03 bits per heavy atom. The van der Waals surface area contributed by atoms with Gasteiger partial charge in [0.15, 0.2) is 79.1 Å². The standard InChI is InChI=1S/C24BCl4F16.C15H16IO2/c26-5-1(9(30)17(38)21(42)13(5)34)25(2-6(27)14(35)22(43)18(39)10(2)31,3-7(28)15(36)23(44)19(40)11(3)32)4-8(29)16(37)24(45)20(41)12(4)33;1-17-11-12-18-15-10-6-5-9-14(15)16-13-7-3-2-4-8-13/h;2-10H,11-12H2,1H3/q-1;+1. The number of ether oxygens (including phenoxy) is 2. The minimum atomic E-state index is -6.24. The molecule has 0 atom stereocenters. The third-order valence-electron chi connectivity index (χ3n) is 9.03. The van der Waals surface area contributed by atoms with Crippen molar-refractivity contribution in [3.8, 4) is 5.75 Å². The molecule has 0 amide bonds. The van der Waals surface area contributed by atoms with E-state index in [9.17, 15) is 52.7 Å². The van der Waals surface area contributed by atoms with Crippen molar-refractivity contribution in [3.63, 3.8) is 0 Å². The summed E-state index contributed by atoms with van der Waals surface area (Å²) in [5, 5.41) is -9.69. The van der Waals surface area contributed by atoms with Crippen LogP contribution in [0.15, 0.2) is 54.6 Å². The first kappa shape index (κ1) is 49.9. The van der Waals surface area contributed by atoms with Crippen molar-refractivity contribution in [2.45, 2.75) is 0 Å². The molecule has 6 rings (SSSR count). The monoisotopic (exact) mass is 1100 g/mol. The molecule has 0 saturated carbocycles. The Hall–Kier alpha value is -4.09. The van der Waals surface area contributed by atoms with Gasteiger partial charge in [-0.3, -0.25) is 0 Å². The van der Waals surface area contributed by atoms with E-state index < -0.39 is 141 Å². The van der Waals surface area contributed by atoms with E-state index in [1.54, 1.807) is 7.11 Å². The van der Waals surface area contributed by atoms with E-state index >= 15 is 17.6 Å². The van der Waals surface area contributed by atoms with Gasteiger partial charge in [0.05, 0.1) is 6.61 Å². The maximum atomic E-state index is 15.8. The van der Waals surface area contributed by atoms with E-state index in [-0.39, 0.29) is 21.2 Å². The van der Waals surface area contributed by atoms with E-state index in [1.165, 1.54) is 7.14 Å². The fraction of sp³-hybridized carbons (Fsp3) is 0.0769. The summed E-state index contributed by atoms with van der Waals surface area (Å²) in [6.45, 7) is 1.23. The van der Waals surface area contributed by atoms with Gasteiger partial charge in [0.1, 0.15) is 36.0 Å². The lowest BCUT2D eigenvalue weighted by Gasteiger charge is -2.46. The molecule has 0 aliphatic heterocycles. The maximum absolute atomic E-state index is 15.8. The van der Waals surface area contributed by atoms with Crippen molar-refractivity contribution in [3.05, 3.63) is 175 Å². The van der Waals surface area contributed by atoms with Crippen molar-refractivity contribution in [2.75, 3.05) is 20.3 Å². The second kappa shape index (κ2) is 20.0. The van der Waals surface area contributed by atoms with Gasteiger partial charge in [0, 0.05) is 27.2 Å². The van der Waals surface area contributed by atoms with Crippen LogP contribution in [0.1, 0.15) is 0 Å². The summed E-state index contributed by atoms with van der Waals surface area (Å²) < 4.78 is 252. The highest BCUT2D eigenvalue weighted by atomic mass is 127. The van der Waals surface area contributed by atoms with Crippen molar-refractivity contribution in [2.24, 2.45) is 0 Å². The summed E-state index contributed by atoms with van der Waals surface area (Å²) in [6.07, 6.45) is -6.24. The van der Waals surface area contributed by atoms with Gasteiger partial charge < -0.3 is 9.47 Å². The average Bonchev–Trinajstić information content (AvgIpc) is 3.27. The van der Waals surface area contributed by atoms with Crippen LogP contribution >= 0.6 is 46.4 Å². The van der Waals surface area contributed by atoms with Gasteiger partial charge in [-0.2, -0.15) is 0 Å². The van der Waals surface area contributed by atoms with E-state index in [0.29, 0.717) is 13.2 Å². The van der Waals surface area contributed by atoms with Crippen LogP contribution in [0.4, 0.5) is 70.2 Å². The lowest BCUT2D eigenvalue weighted by molar-refractivity contribution is -0.598. The molecular weight excluding hydrogens is 1080 g/mol. The average molecular weight is 1100 g/mol. The molecule has 6 aromatic carbocycles. The zero-order valence-corrected chi connectivity index (χ0v) is 35.6. The summed E-state index contributed by atoms with van der Waals surface area (Å²) in [7, 11) is 1.69. The van der Waals surface area contributed by atoms with Crippen molar-refractivity contribution >= 4 is 74.4 Å². The quantitative estimate of drug-likeness (QED) is 0.0350. The Balaban J connectivity index is 0.000000345. The first-order valence-electron chi connectivity index (χ1n) is 16.7. The maximum Gasteiger partial charge on any atom is 0.362 e. The van der Waals surface area contributed by atoms with Gasteiger partial charge in [-0.25, -0.2) is 70.2 Å². The van der Waals surface area contributed by atoms with Crippen LogP contribution in [0, 0.1) is 100 Å². The van der Waals surface area contributed by atoms with Crippen LogP contribution in [0.5, 0.6) is 5.75 Å². The number of halogens is 21. The Kier molecular flexibility index (Phi) is 15.8. The third-order valence-corrected chi connectivity index (χ3v) is 13.3. The minimum absolute atomic E-state index is 0.181. The highest BCUT2D eigenvalue weighted by Crippen LogP contribution is 2.35. The van der Waals surface area contributed by atoms with E-state index in [0.717, 1.165) is 5.75 Å². The highest BCUT2D eigenvalue weighted by Gasteiger charge is 2.50. The summed E-state index contributed by atoms with van der Waals surface area (Å²) in [4.78, 5) is 0. The van der Waals surface area contributed by atoms with Gasteiger partial charge >= 0.3 is 21.2 Å². The molecule has 24 heteroatoms.